The molecule has 9 nitrogen and oxygen atoms in total. The number of aldehydes is 1. The lowest BCUT2D eigenvalue weighted by atomic mass is 9.49. The normalized spacial score (nSPS) is 30.0. The van der Waals surface area contributed by atoms with Crippen molar-refractivity contribution in [1.29, 1.82) is 0 Å². The maximum absolute atomic E-state index is 13.9. The monoisotopic (exact) mass is 531 g/mol. The molecule has 2 fully saturated rings. The number of Topliss-reactive ketones (excluding diaryl/α,β-unsaturated/α-hetero) is 4. The van der Waals surface area contributed by atoms with E-state index in [0.29, 0.717) is 22.3 Å². The molecule has 0 heterocycles. The van der Waals surface area contributed by atoms with Gasteiger partial charge >= 0.3 is 0 Å². The lowest BCUT2D eigenvalue weighted by Gasteiger charge is -2.52. The number of hydrogen-bond acceptors (Lipinski definition) is 8. The summed E-state index contributed by atoms with van der Waals surface area (Å²) in [4.78, 5) is 78.0. The highest BCUT2D eigenvalue weighted by atomic mass is 16.3. The standard InChI is InChI=1S/C30H29NO8/c1-12(2)21-19-10-15-9-18-17(14-5-4-13(3)16(8-14)11-32)6-7-20(33)23(18)26(35)22(15)27(36)30(19,39)28(37)24(25(21)34)29(31)38/h4-8,11-12,15,19,21-22,24,33,39H,9-10H2,1-3H3,(H2,31,38)/t15-,19-,21-,22?,24?,30-/m0/s1. The van der Waals surface area contributed by atoms with Crippen LogP contribution in [0, 0.1) is 42.4 Å². The summed E-state index contributed by atoms with van der Waals surface area (Å²) in [6.45, 7) is 5.20. The number of hydrogen-bond donors (Lipinski definition) is 3. The van der Waals surface area contributed by atoms with Crippen molar-refractivity contribution in [2.24, 2.45) is 41.2 Å². The summed E-state index contributed by atoms with van der Waals surface area (Å²) in [5.74, 6) is -12.0. The molecule has 202 valence electrons. The fraction of sp³-hybridized carbons (Fsp3) is 0.400. The maximum Gasteiger partial charge on any atom is 0.235 e. The van der Waals surface area contributed by atoms with Gasteiger partial charge in [0.25, 0.3) is 0 Å². The summed E-state index contributed by atoms with van der Waals surface area (Å²) in [5.41, 5.74) is 5.54. The van der Waals surface area contributed by atoms with Gasteiger partial charge < -0.3 is 15.9 Å². The Morgan fingerprint density at radius 1 is 1.10 bits per heavy atom. The maximum atomic E-state index is 13.9. The zero-order chi connectivity index (χ0) is 28.5. The van der Waals surface area contributed by atoms with Gasteiger partial charge in [-0.25, -0.2) is 0 Å². The number of carbonyl (C=O) groups is 6. The Labute approximate surface area is 224 Å². The Balaban J connectivity index is 1.66. The van der Waals surface area contributed by atoms with Crippen molar-refractivity contribution in [2.45, 2.75) is 39.2 Å². The molecule has 0 aromatic heterocycles. The highest BCUT2D eigenvalue weighted by molar-refractivity contribution is 6.32. The molecule has 3 aliphatic rings. The highest BCUT2D eigenvalue weighted by Crippen LogP contribution is 2.53. The summed E-state index contributed by atoms with van der Waals surface area (Å²) in [5, 5.41) is 22.4. The molecule has 2 aromatic rings. The van der Waals surface area contributed by atoms with Gasteiger partial charge in [0.15, 0.2) is 34.7 Å². The number of aliphatic hydroxyl groups is 1. The lowest BCUT2D eigenvalue weighted by molar-refractivity contribution is -0.182. The van der Waals surface area contributed by atoms with E-state index in [4.69, 9.17) is 5.73 Å². The van der Waals surface area contributed by atoms with Gasteiger partial charge in [0, 0.05) is 17.4 Å². The van der Waals surface area contributed by atoms with Gasteiger partial charge in [0.1, 0.15) is 12.0 Å². The van der Waals surface area contributed by atoms with E-state index < -0.39 is 70.1 Å². The van der Waals surface area contributed by atoms with Crippen LogP contribution in [0.1, 0.15) is 52.1 Å². The predicted octanol–water partition coefficient (Wildman–Crippen LogP) is 2.00. The number of aryl methyl sites for hydroxylation is 1. The number of fused-ring (bicyclic) bond motifs is 3. The second kappa shape index (κ2) is 9.05. The van der Waals surface area contributed by atoms with Crippen molar-refractivity contribution >= 4 is 35.3 Å². The summed E-state index contributed by atoms with van der Waals surface area (Å²) in [7, 11) is 0. The molecule has 3 aliphatic carbocycles. The Kier molecular flexibility index (Phi) is 6.18. The lowest BCUT2D eigenvalue weighted by Crippen LogP contribution is -2.71. The third-order valence-corrected chi connectivity index (χ3v) is 8.91. The van der Waals surface area contributed by atoms with Crippen LogP contribution < -0.4 is 5.73 Å². The van der Waals surface area contributed by atoms with E-state index in [9.17, 15) is 39.0 Å². The summed E-state index contributed by atoms with van der Waals surface area (Å²) in [6.07, 6.45) is 0.896. The molecule has 5 rings (SSSR count). The fourth-order valence-electron chi connectivity index (χ4n) is 7.06. The molecule has 2 unspecified atom stereocenters. The quantitative estimate of drug-likeness (QED) is 0.397. The van der Waals surface area contributed by atoms with Crippen molar-refractivity contribution in [3.05, 3.63) is 52.6 Å². The molecular formula is C30H29NO8. The Morgan fingerprint density at radius 3 is 2.41 bits per heavy atom. The molecule has 0 saturated heterocycles. The number of phenolic OH excluding ortho intramolecular Hbond substituents is 1. The largest absolute Gasteiger partial charge is 0.507 e. The molecule has 6 atom stereocenters. The van der Waals surface area contributed by atoms with Gasteiger partial charge in [-0.05, 0) is 66.0 Å². The topological polar surface area (TPSA) is 169 Å². The number of rotatable bonds is 4. The van der Waals surface area contributed by atoms with E-state index in [2.05, 4.69) is 0 Å². The molecule has 2 aromatic carbocycles. The number of amides is 1. The van der Waals surface area contributed by atoms with Gasteiger partial charge in [0.05, 0.1) is 11.5 Å². The SMILES string of the molecule is Cc1ccc(-c2ccc(O)c3c2C[C@H]2C[C@H]4[C@H](C(C)C)C(=O)C(C(N)=O)C(=O)[C@@]4(O)C(=O)C2C3=O)cc1C=O. The summed E-state index contributed by atoms with van der Waals surface area (Å²) < 4.78 is 0. The zero-order valence-corrected chi connectivity index (χ0v) is 21.8. The molecule has 0 bridgehead atoms. The Bertz CT molecular complexity index is 1490. The van der Waals surface area contributed by atoms with Crippen LogP contribution in [0.25, 0.3) is 11.1 Å². The zero-order valence-electron chi connectivity index (χ0n) is 21.8. The first-order valence-electron chi connectivity index (χ1n) is 12.9. The van der Waals surface area contributed by atoms with Crippen LogP contribution in [0.15, 0.2) is 30.3 Å². The van der Waals surface area contributed by atoms with Crippen molar-refractivity contribution < 1.29 is 39.0 Å². The predicted molar refractivity (Wildman–Crippen MR) is 138 cm³/mol. The van der Waals surface area contributed by atoms with E-state index in [1.165, 1.54) is 6.07 Å². The van der Waals surface area contributed by atoms with Gasteiger partial charge in [0.2, 0.25) is 5.91 Å². The van der Waals surface area contributed by atoms with E-state index in [-0.39, 0.29) is 24.2 Å². The van der Waals surface area contributed by atoms with E-state index in [1.54, 1.807) is 45.0 Å². The minimum atomic E-state index is -2.72. The van der Waals surface area contributed by atoms with Crippen LogP contribution in [0.3, 0.4) is 0 Å². The Morgan fingerprint density at radius 2 is 1.79 bits per heavy atom. The molecule has 4 N–H and O–H groups in total. The molecule has 0 spiro atoms. The number of ketones is 4. The van der Waals surface area contributed by atoms with Crippen LogP contribution in [0.5, 0.6) is 5.75 Å². The van der Waals surface area contributed by atoms with Gasteiger partial charge in [-0.3, -0.25) is 28.8 Å². The molecule has 0 aliphatic heterocycles. The minimum Gasteiger partial charge on any atom is -0.507 e. The van der Waals surface area contributed by atoms with Crippen LogP contribution >= 0.6 is 0 Å². The number of primary amides is 1. The van der Waals surface area contributed by atoms with Crippen molar-refractivity contribution in [2.75, 3.05) is 0 Å². The average molecular weight is 532 g/mol. The van der Waals surface area contributed by atoms with Crippen molar-refractivity contribution in [3.63, 3.8) is 0 Å². The second-order valence-electron chi connectivity index (χ2n) is 11.3. The second-order valence-corrected chi connectivity index (χ2v) is 11.3. The fourth-order valence-corrected chi connectivity index (χ4v) is 7.06. The van der Waals surface area contributed by atoms with E-state index in [1.807, 2.05) is 0 Å². The highest BCUT2D eigenvalue weighted by Gasteiger charge is 2.69. The van der Waals surface area contributed by atoms with E-state index >= 15 is 0 Å². The number of aromatic hydroxyl groups is 1. The first kappa shape index (κ1) is 26.6. The third-order valence-electron chi connectivity index (χ3n) is 8.91. The average Bonchev–Trinajstić information content (AvgIpc) is 2.86. The van der Waals surface area contributed by atoms with Crippen LogP contribution in [-0.4, -0.2) is 51.1 Å². The molecule has 9 heteroatoms. The van der Waals surface area contributed by atoms with Gasteiger partial charge in [-0.15, -0.1) is 0 Å². The first-order chi connectivity index (χ1) is 18.3. The smallest absolute Gasteiger partial charge is 0.235 e. The molecular weight excluding hydrogens is 502 g/mol. The molecule has 2 saturated carbocycles. The molecule has 39 heavy (non-hydrogen) atoms. The third kappa shape index (κ3) is 3.63. The number of phenols is 1. The van der Waals surface area contributed by atoms with E-state index in [0.717, 1.165) is 11.8 Å². The number of nitrogens with two attached hydrogens (primary N) is 1. The van der Waals surface area contributed by atoms with Crippen LogP contribution in [0.2, 0.25) is 0 Å². The summed E-state index contributed by atoms with van der Waals surface area (Å²) >= 11 is 0. The molecule has 0 radical (unpaired) electrons. The minimum absolute atomic E-state index is 0.00643. The van der Waals surface area contributed by atoms with Crippen LogP contribution in [0.4, 0.5) is 0 Å². The number of carbonyl (C=O) groups excluding carboxylic acids is 6. The summed E-state index contributed by atoms with van der Waals surface area (Å²) in [6, 6.07) is 8.24. The molecule has 1 amide bonds. The first-order valence-corrected chi connectivity index (χ1v) is 12.9. The van der Waals surface area contributed by atoms with Crippen LogP contribution in [-0.2, 0) is 25.6 Å². The van der Waals surface area contributed by atoms with Crippen molar-refractivity contribution in [3.8, 4) is 16.9 Å². The van der Waals surface area contributed by atoms with Gasteiger partial charge in [-0.2, -0.15) is 0 Å². The van der Waals surface area contributed by atoms with Crippen molar-refractivity contribution in [1.82, 2.24) is 0 Å². The number of benzene rings is 2. The van der Waals surface area contributed by atoms with Gasteiger partial charge in [-0.1, -0.05) is 32.0 Å². The Hall–Kier alpha value is -3.98.